The van der Waals surface area contributed by atoms with Crippen LogP contribution in [0.15, 0.2) is 83.5 Å². The van der Waals surface area contributed by atoms with Crippen molar-refractivity contribution in [1.82, 2.24) is 4.90 Å². The molecule has 0 aromatic carbocycles. The van der Waals surface area contributed by atoms with Gasteiger partial charge in [0.1, 0.15) is 6.29 Å². The van der Waals surface area contributed by atoms with Gasteiger partial charge < -0.3 is 9.69 Å². The molecule has 2 nitrogen and oxygen atoms in total. The Morgan fingerprint density at radius 1 is 1.20 bits per heavy atom. The predicted molar refractivity (Wildman–Crippen MR) is 89.0 cm³/mol. The van der Waals surface area contributed by atoms with E-state index in [1.54, 1.807) is 30.0 Å². The van der Waals surface area contributed by atoms with Crippen molar-refractivity contribution in [3.8, 4) is 0 Å². The van der Waals surface area contributed by atoms with E-state index < -0.39 is 0 Å². The number of carbonyl (C=O) groups excluding carboxylic acids is 1. The van der Waals surface area contributed by atoms with E-state index in [1.165, 1.54) is 0 Å². The van der Waals surface area contributed by atoms with E-state index in [-0.39, 0.29) is 6.54 Å². The van der Waals surface area contributed by atoms with Crippen LogP contribution in [0.4, 0.5) is 0 Å². The Morgan fingerprint density at radius 3 is 2.45 bits per heavy atom. The van der Waals surface area contributed by atoms with Crippen LogP contribution in [0.1, 0.15) is 6.92 Å². The van der Waals surface area contributed by atoms with Crippen LogP contribution < -0.4 is 0 Å². The predicted octanol–water partition coefficient (Wildman–Crippen LogP) is 4.35. The molecular formula is C17H19NOS. The molecule has 0 atom stereocenters. The average molecular weight is 285 g/mol. The summed E-state index contributed by atoms with van der Waals surface area (Å²) in [5.41, 5.74) is 1.86. The van der Waals surface area contributed by atoms with Gasteiger partial charge in [-0.05, 0) is 25.2 Å². The van der Waals surface area contributed by atoms with E-state index >= 15 is 0 Å². The molecule has 0 radical (unpaired) electrons. The minimum Gasteiger partial charge on any atom is -0.332 e. The summed E-state index contributed by atoms with van der Waals surface area (Å²) >= 11 is 1.60. The highest BCUT2D eigenvalue weighted by atomic mass is 32.2. The first-order valence-electron chi connectivity index (χ1n) is 6.27. The monoisotopic (exact) mass is 285 g/mol. The van der Waals surface area contributed by atoms with Gasteiger partial charge in [-0.25, -0.2) is 0 Å². The summed E-state index contributed by atoms with van der Waals surface area (Å²) in [7, 11) is 0. The van der Waals surface area contributed by atoms with Crippen molar-refractivity contribution in [3.63, 3.8) is 0 Å². The van der Waals surface area contributed by atoms with Crippen molar-refractivity contribution in [1.29, 1.82) is 0 Å². The third-order valence-corrected chi connectivity index (χ3v) is 3.82. The first-order valence-corrected chi connectivity index (χ1v) is 7.09. The maximum Gasteiger partial charge on any atom is 0.139 e. The summed E-state index contributed by atoms with van der Waals surface area (Å²) < 4.78 is 0. The quantitative estimate of drug-likeness (QED) is 0.677. The van der Waals surface area contributed by atoms with Crippen LogP contribution in [0.3, 0.4) is 0 Å². The molecule has 3 heteroatoms. The number of thioether (sulfide) groups is 1. The smallest absolute Gasteiger partial charge is 0.139 e. The topological polar surface area (TPSA) is 20.3 Å². The van der Waals surface area contributed by atoms with Crippen molar-refractivity contribution in [2.45, 2.75) is 6.92 Å². The van der Waals surface area contributed by atoms with E-state index in [9.17, 15) is 4.79 Å². The van der Waals surface area contributed by atoms with Crippen LogP contribution in [0.2, 0.25) is 0 Å². The molecule has 0 aliphatic carbocycles. The largest absolute Gasteiger partial charge is 0.332 e. The van der Waals surface area contributed by atoms with Gasteiger partial charge in [-0.1, -0.05) is 55.8 Å². The summed E-state index contributed by atoms with van der Waals surface area (Å²) in [6.45, 7) is 13.6. The molecule has 0 spiro atoms. The van der Waals surface area contributed by atoms with Gasteiger partial charge in [0.05, 0.1) is 17.9 Å². The van der Waals surface area contributed by atoms with Gasteiger partial charge in [-0.2, -0.15) is 0 Å². The Bertz CT molecular complexity index is 535. The van der Waals surface area contributed by atoms with Gasteiger partial charge in [0, 0.05) is 9.81 Å². The highest BCUT2D eigenvalue weighted by Crippen LogP contribution is 2.42. The van der Waals surface area contributed by atoms with Crippen molar-refractivity contribution in [3.05, 3.63) is 83.5 Å². The first kappa shape index (κ1) is 16.1. The van der Waals surface area contributed by atoms with Crippen LogP contribution in [-0.4, -0.2) is 17.7 Å². The first-order chi connectivity index (χ1) is 9.73. The fourth-order valence-electron chi connectivity index (χ4n) is 1.83. The standard InChI is InChI=1S/C17H19NOS/c1-5-9-11-15-17(10-6-2)20-16(8-4)14(7-3)18(15)12-13-19/h5-11,13H,2-4,12H2,1H3/b9-5-,15-11+,17-10+. The van der Waals surface area contributed by atoms with Crippen LogP contribution in [0.25, 0.3) is 0 Å². The third kappa shape index (κ3) is 3.52. The molecule has 0 aromatic rings. The minimum atomic E-state index is 0.275. The van der Waals surface area contributed by atoms with E-state index in [0.29, 0.717) is 0 Å². The lowest BCUT2D eigenvalue weighted by molar-refractivity contribution is -0.108. The molecule has 20 heavy (non-hydrogen) atoms. The van der Waals surface area contributed by atoms with Gasteiger partial charge in [0.15, 0.2) is 0 Å². The second kappa shape index (κ2) is 8.23. The molecule has 104 valence electrons. The number of hydrogen-bond donors (Lipinski definition) is 0. The second-order valence-corrected chi connectivity index (χ2v) is 4.97. The number of hydrogen-bond acceptors (Lipinski definition) is 3. The zero-order valence-electron chi connectivity index (χ0n) is 11.7. The molecule has 0 unspecified atom stereocenters. The van der Waals surface area contributed by atoms with E-state index in [0.717, 1.165) is 27.5 Å². The molecule has 1 rings (SSSR count). The van der Waals surface area contributed by atoms with Crippen LogP contribution in [0.5, 0.6) is 0 Å². The normalized spacial score (nSPS) is 19.8. The maximum atomic E-state index is 11.0. The molecule has 0 bridgehead atoms. The molecule has 0 N–H and O–H groups in total. The summed E-state index contributed by atoms with van der Waals surface area (Å²) in [6, 6.07) is 0. The molecule has 0 saturated heterocycles. The highest BCUT2D eigenvalue weighted by Gasteiger charge is 2.24. The minimum absolute atomic E-state index is 0.275. The number of nitrogens with zero attached hydrogens (tertiary/aromatic N) is 1. The van der Waals surface area contributed by atoms with Crippen LogP contribution >= 0.6 is 11.8 Å². The number of rotatable bonds is 6. The van der Waals surface area contributed by atoms with E-state index in [2.05, 4.69) is 19.7 Å². The molecule has 0 aromatic heterocycles. The summed E-state index contributed by atoms with van der Waals surface area (Å²) in [5.74, 6) is 0. The Hall–Kier alpha value is -2.00. The zero-order chi connectivity index (χ0) is 15.0. The van der Waals surface area contributed by atoms with Crippen molar-refractivity contribution in [2.75, 3.05) is 6.54 Å². The molecule has 1 aliphatic rings. The van der Waals surface area contributed by atoms with Crippen LogP contribution in [0, 0.1) is 0 Å². The maximum absolute atomic E-state index is 11.0. The van der Waals surface area contributed by atoms with Crippen LogP contribution in [-0.2, 0) is 4.79 Å². The van der Waals surface area contributed by atoms with E-state index in [4.69, 9.17) is 0 Å². The lowest BCUT2D eigenvalue weighted by Crippen LogP contribution is -2.27. The lowest BCUT2D eigenvalue weighted by Gasteiger charge is -2.33. The molecule has 0 saturated carbocycles. The fourth-order valence-corrected chi connectivity index (χ4v) is 2.90. The molecule has 0 amide bonds. The van der Waals surface area contributed by atoms with E-state index in [1.807, 2.05) is 36.1 Å². The van der Waals surface area contributed by atoms with Gasteiger partial charge >= 0.3 is 0 Å². The number of carbonyl (C=O) groups is 1. The Labute approximate surface area is 125 Å². The molecule has 0 fully saturated rings. The number of aldehydes is 1. The van der Waals surface area contributed by atoms with Gasteiger partial charge in [0.25, 0.3) is 0 Å². The lowest BCUT2D eigenvalue weighted by atomic mass is 10.2. The fraction of sp³-hybridized carbons (Fsp3) is 0.118. The zero-order valence-corrected chi connectivity index (χ0v) is 12.5. The van der Waals surface area contributed by atoms with Crippen molar-refractivity contribution >= 4 is 18.0 Å². The van der Waals surface area contributed by atoms with Crippen molar-refractivity contribution < 1.29 is 4.79 Å². The van der Waals surface area contributed by atoms with Crippen molar-refractivity contribution in [2.24, 2.45) is 0 Å². The Kier molecular flexibility index (Phi) is 6.60. The molecule has 1 aliphatic heterocycles. The average Bonchev–Trinajstić information content (AvgIpc) is 2.46. The molecule has 1 heterocycles. The van der Waals surface area contributed by atoms with Gasteiger partial charge in [-0.3, -0.25) is 0 Å². The SMILES string of the molecule is C=C/C=C1/SC(C=C)=C(C=C)N(CC=O)/C1=C/C=C\C. The summed E-state index contributed by atoms with van der Waals surface area (Å²) in [5, 5.41) is 0. The third-order valence-electron chi connectivity index (χ3n) is 2.66. The highest BCUT2D eigenvalue weighted by molar-refractivity contribution is 8.07. The summed E-state index contributed by atoms with van der Waals surface area (Å²) in [6.07, 6.45) is 14.0. The molecular weight excluding hydrogens is 266 g/mol. The number of allylic oxidation sites excluding steroid dienone is 7. The Morgan fingerprint density at radius 2 is 1.95 bits per heavy atom. The van der Waals surface area contributed by atoms with Gasteiger partial charge in [-0.15, -0.1) is 0 Å². The Balaban J connectivity index is 3.48. The van der Waals surface area contributed by atoms with Gasteiger partial charge in [0.2, 0.25) is 0 Å². The second-order valence-electron chi connectivity index (χ2n) is 3.88. The summed E-state index contributed by atoms with van der Waals surface area (Å²) in [4.78, 5) is 14.9.